The van der Waals surface area contributed by atoms with Crippen LogP contribution in [0.4, 0.5) is 18.9 Å². The number of benzene rings is 1. The van der Waals surface area contributed by atoms with Crippen LogP contribution in [-0.2, 0) is 12.6 Å². The van der Waals surface area contributed by atoms with Crippen LogP contribution in [0, 0.1) is 0 Å². The third-order valence-electron chi connectivity index (χ3n) is 4.99. The fourth-order valence-corrected chi connectivity index (χ4v) is 3.30. The number of hydrogen-bond donors (Lipinski definition) is 3. The molecule has 0 bridgehead atoms. The number of aliphatic hydroxyl groups is 1. The number of aromatic nitrogens is 2. The number of H-pyrrole nitrogens is 1. The average molecular weight is 397 g/mol. The Hall–Kier alpha value is -2.10. The maximum absolute atomic E-state index is 12.6. The van der Waals surface area contributed by atoms with Crippen molar-refractivity contribution in [2.75, 3.05) is 38.0 Å². The lowest BCUT2D eigenvalue weighted by atomic mass is 10.2. The number of aromatic amines is 1. The monoisotopic (exact) mass is 397 g/mol. The van der Waals surface area contributed by atoms with Gasteiger partial charge in [-0.05, 0) is 50.1 Å². The summed E-state index contributed by atoms with van der Waals surface area (Å²) in [6, 6.07) is 4.69. The first-order valence-corrected chi connectivity index (χ1v) is 9.47. The number of nitrogens with zero attached hydrogens (tertiary/aromatic N) is 3. The number of anilines is 1. The van der Waals surface area contributed by atoms with E-state index in [2.05, 4.69) is 20.2 Å². The van der Waals surface area contributed by atoms with E-state index in [1.165, 1.54) is 12.1 Å². The zero-order valence-corrected chi connectivity index (χ0v) is 15.6. The Morgan fingerprint density at radius 1 is 1.11 bits per heavy atom. The van der Waals surface area contributed by atoms with E-state index in [1.54, 1.807) is 6.33 Å². The molecule has 154 valence electrons. The van der Waals surface area contributed by atoms with Crippen molar-refractivity contribution in [3.8, 4) is 0 Å². The highest BCUT2D eigenvalue weighted by molar-refractivity contribution is 5.45. The molecule has 0 saturated carbocycles. The van der Waals surface area contributed by atoms with Crippen molar-refractivity contribution in [3.63, 3.8) is 0 Å². The molecule has 28 heavy (non-hydrogen) atoms. The number of imidazole rings is 1. The first-order valence-electron chi connectivity index (χ1n) is 9.47. The first-order chi connectivity index (χ1) is 13.4. The van der Waals surface area contributed by atoms with Gasteiger partial charge in [0.05, 0.1) is 11.9 Å². The Kier molecular flexibility index (Phi) is 6.93. The minimum atomic E-state index is -4.36. The summed E-state index contributed by atoms with van der Waals surface area (Å²) >= 11 is 0. The highest BCUT2D eigenvalue weighted by Gasteiger charge is 2.30. The van der Waals surface area contributed by atoms with Crippen molar-refractivity contribution in [1.82, 2.24) is 19.8 Å². The average Bonchev–Trinajstić information content (AvgIpc) is 3.19. The molecule has 3 N–H and O–H groups in total. The van der Waals surface area contributed by atoms with E-state index >= 15 is 0 Å². The molecule has 1 aromatic heterocycles. The third-order valence-corrected chi connectivity index (χ3v) is 4.99. The summed E-state index contributed by atoms with van der Waals surface area (Å²) in [4.78, 5) is 11.4. The Balaban J connectivity index is 1.35. The fraction of sp³-hybridized carbons (Fsp3) is 0.526. The molecule has 2 heterocycles. The number of hydrogen-bond acceptors (Lipinski definition) is 5. The molecule has 9 heteroatoms. The molecule has 1 unspecified atom stereocenters. The van der Waals surface area contributed by atoms with Crippen LogP contribution in [0.1, 0.15) is 24.1 Å². The largest absolute Gasteiger partial charge is 0.416 e. The Labute approximate surface area is 162 Å². The molecule has 1 aliphatic rings. The number of alkyl halides is 3. The predicted octanol–water partition coefficient (Wildman–Crippen LogP) is 2.76. The zero-order valence-electron chi connectivity index (χ0n) is 15.6. The minimum Gasteiger partial charge on any atom is -0.361 e. The van der Waals surface area contributed by atoms with Crippen molar-refractivity contribution in [1.29, 1.82) is 0 Å². The summed E-state index contributed by atoms with van der Waals surface area (Å²) in [5, 5.41) is 13.2. The van der Waals surface area contributed by atoms with Crippen LogP contribution in [0.15, 0.2) is 36.8 Å². The Bertz CT molecular complexity index is 697. The number of aryl methyl sites for hydroxylation is 1. The molecule has 0 radical (unpaired) electrons. The summed E-state index contributed by atoms with van der Waals surface area (Å²) in [7, 11) is 0. The molecule has 0 aliphatic carbocycles. The molecule has 1 atom stereocenters. The summed E-state index contributed by atoms with van der Waals surface area (Å²) in [5.41, 5.74) is 0.915. The lowest BCUT2D eigenvalue weighted by molar-refractivity contribution is -0.137. The van der Waals surface area contributed by atoms with Crippen molar-refractivity contribution < 1.29 is 18.3 Å². The van der Waals surface area contributed by atoms with Gasteiger partial charge in [0, 0.05) is 43.8 Å². The first kappa shape index (κ1) is 20.6. The Morgan fingerprint density at radius 2 is 1.82 bits per heavy atom. The maximum Gasteiger partial charge on any atom is 0.416 e. The van der Waals surface area contributed by atoms with Gasteiger partial charge in [0.2, 0.25) is 0 Å². The van der Waals surface area contributed by atoms with Gasteiger partial charge < -0.3 is 20.3 Å². The van der Waals surface area contributed by atoms with Crippen molar-refractivity contribution >= 4 is 5.69 Å². The van der Waals surface area contributed by atoms with E-state index < -0.39 is 18.1 Å². The van der Waals surface area contributed by atoms with Gasteiger partial charge in [0.25, 0.3) is 0 Å². The summed E-state index contributed by atoms with van der Waals surface area (Å²) in [6.07, 6.45) is 1.47. The second-order valence-electron chi connectivity index (χ2n) is 7.00. The second kappa shape index (κ2) is 9.40. The molecule has 0 amide bonds. The van der Waals surface area contributed by atoms with Gasteiger partial charge in [0.1, 0.15) is 0 Å². The lowest BCUT2D eigenvalue weighted by Gasteiger charge is -2.37. The van der Waals surface area contributed by atoms with E-state index in [4.69, 9.17) is 0 Å². The van der Waals surface area contributed by atoms with Crippen LogP contribution in [0.2, 0.25) is 0 Å². The number of aliphatic hydroxyl groups excluding tert-OH is 1. The molecule has 0 spiro atoms. The van der Waals surface area contributed by atoms with E-state index in [0.717, 1.165) is 56.7 Å². The van der Waals surface area contributed by atoms with Gasteiger partial charge in [0.15, 0.2) is 6.35 Å². The number of unbranched alkanes of at least 4 members (excludes halogenated alkanes) is 1. The molecule has 1 aromatic carbocycles. The van der Waals surface area contributed by atoms with Gasteiger partial charge >= 0.3 is 6.18 Å². The fourth-order valence-electron chi connectivity index (χ4n) is 3.30. The number of nitrogens with one attached hydrogen (secondary N) is 2. The molecular weight excluding hydrogens is 371 g/mol. The molecule has 1 fully saturated rings. The van der Waals surface area contributed by atoms with Crippen LogP contribution in [0.3, 0.4) is 0 Å². The van der Waals surface area contributed by atoms with Gasteiger partial charge in [-0.2, -0.15) is 13.2 Å². The van der Waals surface area contributed by atoms with Gasteiger partial charge in [-0.3, -0.25) is 4.90 Å². The van der Waals surface area contributed by atoms with E-state index in [1.807, 2.05) is 11.1 Å². The minimum absolute atomic E-state index is 0.460. The van der Waals surface area contributed by atoms with E-state index in [0.29, 0.717) is 18.8 Å². The smallest absolute Gasteiger partial charge is 0.361 e. The molecule has 6 nitrogen and oxygen atoms in total. The van der Waals surface area contributed by atoms with Gasteiger partial charge in [-0.1, -0.05) is 0 Å². The molecule has 3 rings (SSSR count). The predicted molar refractivity (Wildman–Crippen MR) is 101 cm³/mol. The SMILES string of the molecule is OC(Nc1ccc(C(F)(F)F)cc1)N1CCN(CCCCc2cnc[nH]2)CC1. The highest BCUT2D eigenvalue weighted by atomic mass is 19.4. The summed E-state index contributed by atoms with van der Waals surface area (Å²) in [6.45, 7) is 4.14. The van der Waals surface area contributed by atoms with Crippen LogP contribution < -0.4 is 5.32 Å². The third kappa shape index (κ3) is 5.95. The molecule has 1 saturated heterocycles. The maximum atomic E-state index is 12.6. The Morgan fingerprint density at radius 3 is 2.43 bits per heavy atom. The summed E-state index contributed by atoms with van der Waals surface area (Å²) < 4.78 is 37.8. The van der Waals surface area contributed by atoms with Crippen LogP contribution in [0.25, 0.3) is 0 Å². The molecular formula is C19H26F3N5O. The van der Waals surface area contributed by atoms with E-state index in [-0.39, 0.29) is 0 Å². The van der Waals surface area contributed by atoms with Gasteiger partial charge in [-0.15, -0.1) is 0 Å². The van der Waals surface area contributed by atoms with Crippen LogP contribution >= 0.6 is 0 Å². The molecule has 1 aliphatic heterocycles. The highest BCUT2D eigenvalue weighted by Crippen LogP contribution is 2.29. The van der Waals surface area contributed by atoms with Crippen molar-refractivity contribution in [3.05, 3.63) is 48.0 Å². The lowest BCUT2D eigenvalue weighted by Crippen LogP contribution is -2.52. The number of halogens is 3. The van der Waals surface area contributed by atoms with Crippen LogP contribution in [-0.4, -0.2) is 63.9 Å². The quantitative estimate of drug-likeness (QED) is 0.472. The van der Waals surface area contributed by atoms with Crippen molar-refractivity contribution in [2.45, 2.75) is 31.8 Å². The van der Waals surface area contributed by atoms with Crippen molar-refractivity contribution in [2.24, 2.45) is 0 Å². The second-order valence-corrected chi connectivity index (χ2v) is 7.00. The number of piperazine rings is 1. The standard InChI is InChI=1S/C19H26F3N5O/c20-19(21,22)15-4-6-16(7-5-15)25-18(28)27-11-9-26(10-12-27)8-2-1-3-17-13-23-14-24-17/h4-7,13-14,18,25,28H,1-3,8-12H2,(H,23,24). The topological polar surface area (TPSA) is 67.4 Å². The van der Waals surface area contributed by atoms with E-state index in [9.17, 15) is 18.3 Å². The van der Waals surface area contributed by atoms with Gasteiger partial charge in [-0.25, -0.2) is 4.98 Å². The number of rotatable bonds is 8. The molecule has 2 aromatic rings. The summed E-state index contributed by atoms with van der Waals surface area (Å²) in [5.74, 6) is 0. The van der Waals surface area contributed by atoms with Crippen LogP contribution in [0.5, 0.6) is 0 Å². The normalized spacial score (nSPS) is 17.6. The zero-order chi connectivity index (χ0) is 20.0.